The van der Waals surface area contributed by atoms with Gasteiger partial charge in [0.15, 0.2) is 0 Å². The number of nitrogens with zero attached hydrogens (tertiary/aromatic N) is 2. The zero-order chi connectivity index (χ0) is 14.7. The van der Waals surface area contributed by atoms with Gasteiger partial charge in [-0.25, -0.2) is 0 Å². The molecule has 0 bridgehead atoms. The van der Waals surface area contributed by atoms with Crippen molar-refractivity contribution in [3.63, 3.8) is 0 Å². The predicted octanol–water partition coefficient (Wildman–Crippen LogP) is 4.56. The maximum absolute atomic E-state index is 9.40. The average molecular weight is 272 g/mol. The summed E-state index contributed by atoms with van der Waals surface area (Å²) in [5, 5.41) is 10.6. The second-order valence-corrected chi connectivity index (χ2v) is 5.15. The Morgan fingerprint density at radius 1 is 1.10 bits per heavy atom. The molecule has 1 heterocycles. The molecule has 0 aliphatic carbocycles. The van der Waals surface area contributed by atoms with Crippen LogP contribution in [0.4, 0.5) is 0 Å². The fourth-order valence-electron chi connectivity index (χ4n) is 2.61. The molecular formula is C19H16N2. The topological polar surface area (TPSA) is 28.7 Å². The fourth-order valence-corrected chi connectivity index (χ4v) is 2.61. The normalized spacial score (nSPS) is 11.5. The van der Waals surface area contributed by atoms with Crippen molar-refractivity contribution in [2.24, 2.45) is 0 Å². The Kier molecular flexibility index (Phi) is 3.57. The van der Waals surface area contributed by atoms with E-state index in [-0.39, 0.29) is 0 Å². The van der Waals surface area contributed by atoms with E-state index in [9.17, 15) is 5.26 Å². The van der Waals surface area contributed by atoms with Crippen LogP contribution in [0.1, 0.15) is 11.1 Å². The smallest absolute Gasteiger partial charge is 0.0966 e. The van der Waals surface area contributed by atoms with Crippen LogP contribution < -0.4 is 0 Å². The molecule has 2 heteroatoms. The molecule has 0 unspecified atom stereocenters. The van der Waals surface area contributed by atoms with Gasteiger partial charge in [-0.1, -0.05) is 48.5 Å². The second-order valence-electron chi connectivity index (χ2n) is 5.15. The lowest BCUT2D eigenvalue weighted by Crippen LogP contribution is -1.98. The van der Waals surface area contributed by atoms with Gasteiger partial charge in [-0.05, 0) is 30.2 Å². The standard InChI is InChI=1S/C19H16N2/c1-15-13-21(19-10-6-5-9-18(15)19)14-17(12-20)11-16-7-3-2-4-8-16/h2-11,13H,14H2,1H3/b17-11+. The van der Waals surface area contributed by atoms with E-state index in [2.05, 4.69) is 35.9 Å². The minimum absolute atomic E-state index is 0.597. The number of para-hydroxylation sites is 1. The van der Waals surface area contributed by atoms with Gasteiger partial charge in [0.05, 0.1) is 12.6 Å². The number of aromatic nitrogens is 1. The van der Waals surface area contributed by atoms with Crippen LogP contribution in [0, 0.1) is 18.3 Å². The number of nitriles is 1. The van der Waals surface area contributed by atoms with Crippen LogP contribution in [0.5, 0.6) is 0 Å². The number of aryl methyl sites for hydroxylation is 1. The molecule has 0 amide bonds. The SMILES string of the molecule is Cc1cn(C/C(C#N)=C/c2ccccc2)c2ccccc12. The molecule has 0 fully saturated rings. The van der Waals surface area contributed by atoms with E-state index in [1.54, 1.807) is 0 Å². The molecule has 0 aliphatic heterocycles. The first-order valence-corrected chi connectivity index (χ1v) is 6.98. The molecule has 0 N–H and O–H groups in total. The summed E-state index contributed by atoms with van der Waals surface area (Å²) >= 11 is 0. The van der Waals surface area contributed by atoms with Crippen LogP contribution in [-0.4, -0.2) is 4.57 Å². The van der Waals surface area contributed by atoms with Crippen molar-refractivity contribution in [2.45, 2.75) is 13.5 Å². The predicted molar refractivity (Wildman–Crippen MR) is 86.7 cm³/mol. The van der Waals surface area contributed by atoms with E-state index in [0.717, 1.165) is 11.1 Å². The molecular weight excluding hydrogens is 256 g/mol. The maximum atomic E-state index is 9.40. The molecule has 0 radical (unpaired) electrons. The first-order valence-electron chi connectivity index (χ1n) is 6.98. The number of hydrogen-bond donors (Lipinski definition) is 0. The molecule has 0 atom stereocenters. The highest BCUT2D eigenvalue weighted by Crippen LogP contribution is 2.21. The lowest BCUT2D eigenvalue weighted by atomic mass is 10.1. The van der Waals surface area contributed by atoms with E-state index >= 15 is 0 Å². The minimum atomic E-state index is 0.597. The number of rotatable bonds is 3. The summed E-state index contributed by atoms with van der Waals surface area (Å²) in [6, 6.07) is 20.6. The molecule has 0 saturated carbocycles. The van der Waals surface area contributed by atoms with Gasteiger partial charge in [-0.2, -0.15) is 5.26 Å². The van der Waals surface area contributed by atoms with Crippen LogP contribution in [0.3, 0.4) is 0 Å². The van der Waals surface area contributed by atoms with Crippen LogP contribution in [0.2, 0.25) is 0 Å². The minimum Gasteiger partial charge on any atom is -0.342 e. The van der Waals surface area contributed by atoms with E-state index in [1.165, 1.54) is 16.5 Å². The molecule has 0 saturated heterocycles. The lowest BCUT2D eigenvalue weighted by molar-refractivity contribution is 0.840. The Morgan fingerprint density at radius 2 is 1.81 bits per heavy atom. The van der Waals surface area contributed by atoms with Crippen LogP contribution in [-0.2, 0) is 6.54 Å². The van der Waals surface area contributed by atoms with Gasteiger partial charge in [-0.15, -0.1) is 0 Å². The molecule has 102 valence electrons. The highest BCUT2D eigenvalue weighted by atomic mass is 15.0. The van der Waals surface area contributed by atoms with Crippen molar-refractivity contribution in [3.05, 3.63) is 77.5 Å². The Bertz CT molecular complexity index is 833. The number of benzene rings is 2. The molecule has 3 aromatic rings. The Labute approximate surface area is 124 Å². The molecule has 21 heavy (non-hydrogen) atoms. The van der Waals surface area contributed by atoms with E-state index in [1.807, 2.05) is 48.5 Å². The van der Waals surface area contributed by atoms with Crippen LogP contribution in [0.25, 0.3) is 17.0 Å². The van der Waals surface area contributed by atoms with Crippen molar-refractivity contribution in [3.8, 4) is 6.07 Å². The average Bonchev–Trinajstić information content (AvgIpc) is 2.84. The molecule has 0 aliphatic rings. The third-order valence-corrected chi connectivity index (χ3v) is 3.61. The van der Waals surface area contributed by atoms with E-state index in [0.29, 0.717) is 6.54 Å². The van der Waals surface area contributed by atoms with E-state index < -0.39 is 0 Å². The summed E-state index contributed by atoms with van der Waals surface area (Å²) in [7, 11) is 0. The molecule has 2 aromatic carbocycles. The fraction of sp³-hybridized carbons (Fsp3) is 0.105. The second kappa shape index (κ2) is 5.68. The van der Waals surface area contributed by atoms with E-state index in [4.69, 9.17) is 0 Å². The Balaban J connectivity index is 1.97. The van der Waals surface area contributed by atoms with Gasteiger partial charge in [0.2, 0.25) is 0 Å². The van der Waals surface area contributed by atoms with Gasteiger partial charge < -0.3 is 4.57 Å². The molecule has 1 aromatic heterocycles. The Morgan fingerprint density at radius 3 is 2.57 bits per heavy atom. The third kappa shape index (κ3) is 2.73. The highest BCUT2D eigenvalue weighted by molar-refractivity contribution is 5.83. The summed E-state index contributed by atoms with van der Waals surface area (Å²) in [6.07, 6.45) is 4.06. The summed E-state index contributed by atoms with van der Waals surface area (Å²) in [5.74, 6) is 0. The van der Waals surface area contributed by atoms with Crippen LogP contribution in [0.15, 0.2) is 66.4 Å². The zero-order valence-electron chi connectivity index (χ0n) is 12.0. The van der Waals surface area contributed by atoms with Crippen molar-refractivity contribution in [1.82, 2.24) is 4.57 Å². The quantitative estimate of drug-likeness (QED) is 0.643. The van der Waals surface area contributed by atoms with Gasteiger partial charge in [0.1, 0.15) is 0 Å². The summed E-state index contributed by atoms with van der Waals surface area (Å²) in [5.41, 5.74) is 4.22. The maximum Gasteiger partial charge on any atom is 0.0966 e. The number of fused-ring (bicyclic) bond motifs is 1. The molecule has 2 nitrogen and oxygen atoms in total. The summed E-state index contributed by atoms with van der Waals surface area (Å²) in [4.78, 5) is 0. The first-order chi connectivity index (χ1) is 10.3. The monoisotopic (exact) mass is 272 g/mol. The molecule has 3 rings (SSSR count). The zero-order valence-corrected chi connectivity index (χ0v) is 12.0. The van der Waals surface area contributed by atoms with Crippen molar-refractivity contribution >= 4 is 17.0 Å². The number of allylic oxidation sites excluding steroid dienone is 1. The van der Waals surface area contributed by atoms with Crippen LogP contribution >= 0.6 is 0 Å². The Hall–Kier alpha value is -2.79. The van der Waals surface area contributed by atoms with Crippen molar-refractivity contribution in [2.75, 3.05) is 0 Å². The number of hydrogen-bond acceptors (Lipinski definition) is 1. The van der Waals surface area contributed by atoms with Gasteiger partial charge >= 0.3 is 0 Å². The van der Waals surface area contributed by atoms with Gasteiger partial charge in [-0.3, -0.25) is 0 Å². The molecule has 0 spiro atoms. The summed E-state index contributed by atoms with van der Waals surface area (Å²) in [6.45, 7) is 2.70. The highest BCUT2D eigenvalue weighted by Gasteiger charge is 2.06. The first kappa shape index (κ1) is 13.2. The third-order valence-electron chi connectivity index (χ3n) is 3.61. The lowest BCUT2D eigenvalue weighted by Gasteiger charge is -2.04. The van der Waals surface area contributed by atoms with Crippen molar-refractivity contribution < 1.29 is 0 Å². The largest absolute Gasteiger partial charge is 0.342 e. The van der Waals surface area contributed by atoms with Gasteiger partial charge in [0, 0.05) is 22.7 Å². The summed E-state index contributed by atoms with van der Waals surface area (Å²) < 4.78 is 2.14. The van der Waals surface area contributed by atoms with Crippen molar-refractivity contribution in [1.29, 1.82) is 5.26 Å². The van der Waals surface area contributed by atoms with Gasteiger partial charge in [0.25, 0.3) is 0 Å².